The zero-order valence-corrected chi connectivity index (χ0v) is 9.96. The molecule has 0 saturated carbocycles. The van der Waals surface area contributed by atoms with Gasteiger partial charge in [0, 0.05) is 6.54 Å². The van der Waals surface area contributed by atoms with Crippen molar-refractivity contribution in [2.75, 3.05) is 6.54 Å². The van der Waals surface area contributed by atoms with Crippen molar-refractivity contribution in [2.24, 2.45) is 0 Å². The van der Waals surface area contributed by atoms with Crippen LogP contribution in [0.3, 0.4) is 0 Å². The summed E-state index contributed by atoms with van der Waals surface area (Å²) in [5.41, 5.74) is 0.613. The first-order chi connectivity index (χ1) is 7.01. The maximum Gasteiger partial charge on any atom is 0.394 e. The zero-order chi connectivity index (χ0) is 11.3. The lowest BCUT2D eigenvalue weighted by molar-refractivity contribution is 0.0873. The van der Waals surface area contributed by atoms with Crippen LogP contribution < -0.4 is 10.1 Å². The molecule has 1 aromatic rings. The summed E-state index contributed by atoms with van der Waals surface area (Å²) in [6, 6.07) is 0. The van der Waals surface area contributed by atoms with Crippen LogP contribution in [0.15, 0.2) is 10.7 Å². The number of rotatable bonds is 5. The highest BCUT2D eigenvalue weighted by atomic mass is 16.6. The number of nitrogens with zero attached hydrogens (tertiary/aromatic N) is 1. The van der Waals surface area contributed by atoms with Gasteiger partial charge < -0.3 is 14.5 Å². The molecule has 1 aromatic heterocycles. The van der Waals surface area contributed by atoms with Gasteiger partial charge in [0.05, 0.1) is 5.69 Å². The van der Waals surface area contributed by atoms with Gasteiger partial charge in [-0.3, -0.25) is 0 Å². The Balaban J connectivity index is 2.42. The van der Waals surface area contributed by atoms with Crippen molar-refractivity contribution in [3.05, 3.63) is 12.0 Å². The molecular weight excluding hydrogens is 192 g/mol. The van der Waals surface area contributed by atoms with E-state index in [-0.39, 0.29) is 5.60 Å². The van der Waals surface area contributed by atoms with Crippen molar-refractivity contribution >= 4 is 0 Å². The van der Waals surface area contributed by atoms with Gasteiger partial charge in [-0.25, -0.2) is 0 Å². The number of aromatic nitrogens is 1. The summed E-state index contributed by atoms with van der Waals surface area (Å²) >= 11 is 0. The third-order valence-electron chi connectivity index (χ3n) is 1.66. The van der Waals surface area contributed by atoms with E-state index in [4.69, 9.17) is 9.15 Å². The molecule has 0 fully saturated rings. The molecule has 0 aliphatic rings. The summed E-state index contributed by atoms with van der Waals surface area (Å²) in [5.74, 6) is 0. The van der Waals surface area contributed by atoms with Gasteiger partial charge in [0.25, 0.3) is 0 Å². The van der Waals surface area contributed by atoms with E-state index in [1.54, 1.807) is 6.26 Å². The van der Waals surface area contributed by atoms with E-state index in [0.29, 0.717) is 6.08 Å². The lowest BCUT2D eigenvalue weighted by Gasteiger charge is -2.17. The van der Waals surface area contributed by atoms with Gasteiger partial charge in [-0.15, -0.1) is 0 Å². The standard InChI is InChI=1S/C11H20N2O2/c1-5-6-12-7-9-8-14-10(13-9)15-11(2,3)4/h8,12H,5-7H2,1-4H3. The molecule has 0 unspecified atom stereocenters. The SMILES string of the molecule is CCCNCc1coc(OC(C)(C)C)n1. The second-order valence-corrected chi connectivity index (χ2v) is 4.50. The molecule has 4 heteroatoms. The molecule has 15 heavy (non-hydrogen) atoms. The first-order valence-electron chi connectivity index (χ1n) is 5.35. The summed E-state index contributed by atoms with van der Waals surface area (Å²) in [7, 11) is 0. The summed E-state index contributed by atoms with van der Waals surface area (Å²) in [6.07, 6.45) is 3.09. The number of hydrogen-bond acceptors (Lipinski definition) is 4. The van der Waals surface area contributed by atoms with E-state index < -0.39 is 0 Å². The Hall–Kier alpha value is -1.03. The second kappa shape index (κ2) is 5.16. The number of nitrogens with one attached hydrogen (secondary N) is 1. The quantitative estimate of drug-likeness (QED) is 0.761. The Morgan fingerprint density at radius 1 is 1.47 bits per heavy atom. The summed E-state index contributed by atoms with van der Waals surface area (Å²) in [5, 5.41) is 3.25. The Labute approximate surface area is 91.0 Å². The van der Waals surface area contributed by atoms with E-state index in [9.17, 15) is 0 Å². The molecule has 0 bridgehead atoms. The van der Waals surface area contributed by atoms with Gasteiger partial charge >= 0.3 is 6.08 Å². The average molecular weight is 212 g/mol. The molecule has 0 aromatic carbocycles. The molecule has 0 amide bonds. The van der Waals surface area contributed by atoms with Crippen molar-refractivity contribution < 1.29 is 9.15 Å². The van der Waals surface area contributed by atoms with Crippen molar-refractivity contribution in [1.29, 1.82) is 0 Å². The average Bonchev–Trinajstić information content (AvgIpc) is 2.50. The van der Waals surface area contributed by atoms with Gasteiger partial charge in [-0.2, -0.15) is 4.98 Å². The van der Waals surface area contributed by atoms with Gasteiger partial charge in [0.1, 0.15) is 11.9 Å². The van der Waals surface area contributed by atoms with Gasteiger partial charge in [-0.1, -0.05) is 6.92 Å². The number of hydrogen-bond donors (Lipinski definition) is 1. The van der Waals surface area contributed by atoms with Gasteiger partial charge in [0.15, 0.2) is 0 Å². The Bertz CT molecular complexity index is 289. The van der Waals surface area contributed by atoms with Crippen LogP contribution >= 0.6 is 0 Å². The van der Waals surface area contributed by atoms with Crippen LogP contribution in [-0.4, -0.2) is 17.1 Å². The van der Waals surface area contributed by atoms with Crippen LogP contribution in [0.4, 0.5) is 0 Å². The molecule has 0 aliphatic carbocycles. The molecular formula is C11H20N2O2. The Kier molecular flexibility index (Phi) is 4.15. The fraction of sp³-hybridized carbons (Fsp3) is 0.727. The lowest BCUT2D eigenvalue weighted by atomic mass is 10.2. The van der Waals surface area contributed by atoms with E-state index in [1.807, 2.05) is 20.8 Å². The maximum atomic E-state index is 5.48. The van der Waals surface area contributed by atoms with Crippen molar-refractivity contribution in [2.45, 2.75) is 46.3 Å². The second-order valence-electron chi connectivity index (χ2n) is 4.50. The van der Waals surface area contributed by atoms with Crippen molar-refractivity contribution in [3.63, 3.8) is 0 Å². The highest BCUT2D eigenvalue weighted by molar-refractivity contribution is 5.00. The van der Waals surface area contributed by atoms with E-state index in [2.05, 4.69) is 17.2 Å². The van der Waals surface area contributed by atoms with E-state index in [0.717, 1.165) is 25.2 Å². The number of ether oxygens (including phenoxy) is 1. The lowest BCUT2D eigenvalue weighted by Crippen LogP contribution is -2.23. The van der Waals surface area contributed by atoms with Crippen LogP contribution in [0.5, 0.6) is 6.08 Å². The monoisotopic (exact) mass is 212 g/mol. The zero-order valence-electron chi connectivity index (χ0n) is 9.96. The third kappa shape index (κ3) is 4.83. The van der Waals surface area contributed by atoms with Crippen molar-refractivity contribution in [3.8, 4) is 6.08 Å². The first-order valence-corrected chi connectivity index (χ1v) is 5.35. The highest BCUT2D eigenvalue weighted by Crippen LogP contribution is 2.16. The smallest absolute Gasteiger partial charge is 0.394 e. The van der Waals surface area contributed by atoms with Gasteiger partial charge in [-0.05, 0) is 33.7 Å². The molecule has 0 radical (unpaired) electrons. The van der Waals surface area contributed by atoms with Crippen LogP contribution in [0.1, 0.15) is 39.8 Å². The van der Waals surface area contributed by atoms with E-state index in [1.165, 1.54) is 0 Å². The Morgan fingerprint density at radius 2 is 2.20 bits per heavy atom. The maximum absolute atomic E-state index is 5.48. The predicted molar refractivity (Wildman–Crippen MR) is 58.9 cm³/mol. The van der Waals surface area contributed by atoms with Crippen LogP contribution in [0, 0.1) is 0 Å². The molecule has 0 aliphatic heterocycles. The molecule has 1 rings (SSSR count). The predicted octanol–water partition coefficient (Wildman–Crippen LogP) is 2.35. The molecule has 1 heterocycles. The number of oxazole rings is 1. The minimum absolute atomic E-state index is 0.265. The molecule has 0 spiro atoms. The molecule has 1 N–H and O–H groups in total. The fourth-order valence-electron chi connectivity index (χ4n) is 1.07. The first kappa shape index (κ1) is 12.0. The molecule has 4 nitrogen and oxygen atoms in total. The minimum atomic E-state index is -0.265. The van der Waals surface area contributed by atoms with Crippen LogP contribution in [0.2, 0.25) is 0 Å². The fourth-order valence-corrected chi connectivity index (χ4v) is 1.07. The highest BCUT2D eigenvalue weighted by Gasteiger charge is 2.15. The summed E-state index contributed by atoms with van der Waals surface area (Å²) in [4.78, 5) is 4.22. The van der Waals surface area contributed by atoms with Gasteiger partial charge in [0.2, 0.25) is 0 Å². The third-order valence-corrected chi connectivity index (χ3v) is 1.66. The molecule has 86 valence electrons. The summed E-state index contributed by atoms with van der Waals surface area (Å²) < 4.78 is 10.7. The van der Waals surface area contributed by atoms with Crippen LogP contribution in [-0.2, 0) is 6.54 Å². The van der Waals surface area contributed by atoms with Crippen molar-refractivity contribution in [1.82, 2.24) is 10.3 Å². The normalized spacial score (nSPS) is 11.7. The minimum Gasteiger partial charge on any atom is -0.444 e. The topological polar surface area (TPSA) is 47.3 Å². The van der Waals surface area contributed by atoms with E-state index >= 15 is 0 Å². The Morgan fingerprint density at radius 3 is 2.80 bits per heavy atom. The molecule has 0 saturated heterocycles. The molecule has 0 atom stereocenters. The summed E-state index contributed by atoms with van der Waals surface area (Å²) in [6.45, 7) is 9.74. The van der Waals surface area contributed by atoms with Crippen LogP contribution in [0.25, 0.3) is 0 Å². The largest absolute Gasteiger partial charge is 0.444 e.